The number of methoxy groups -OCH3 is 1. The lowest BCUT2D eigenvalue weighted by atomic mass is 9.76. The summed E-state index contributed by atoms with van der Waals surface area (Å²) in [5.41, 5.74) is 2.43. The zero-order chi connectivity index (χ0) is 15.4. The second-order valence-corrected chi connectivity index (χ2v) is 5.89. The van der Waals surface area contributed by atoms with Crippen LogP contribution in [0.3, 0.4) is 0 Å². The van der Waals surface area contributed by atoms with E-state index in [4.69, 9.17) is 4.74 Å². The van der Waals surface area contributed by atoms with E-state index in [0.29, 0.717) is 5.92 Å². The lowest BCUT2D eigenvalue weighted by Crippen LogP contribution is -2.31. The van der Waals surface area contributed by atoms with Crippen molar-refractivity contribution in [3.8, 4) is 5.75 Å². The molecule has 3 heteroatoms. The van der Waals surface area contributed by atoms with Gasteiger partial charge in [0, 0.05) is 5.92 Å². The third-order valence-electron chi connectivity index (χ3n) is 4.54. The summed E-state index contributed by atoms with van der Waals surface area (Å²) in [4.78, 5) is 0. The Balaban J connectivity index is 1.99. The van der Waals surface area contributed by atoms with Crippen LogP contribution in [0.2, 0.25) is 0 Å². The highest BCUT2D eigenvalue weighted by molar-refractivity contribution is 5.38. The molecule has 2 nitrogen and oxygen atoms in total. The maximum absolute atomic E-state index is 13.3. The molecule has 1 aliphatic rings. The first-order valence-corrected chi connectivity index (χ1v) is 7.88. The smallest absolute Gasteiger partial charge is 0.123 e. The number of benzene rings is 2. The molecule has 0 bridgehead atoms. The van der Waals surface area contributed by atoms with Gasteiger partial charge < -0.3 is 10.1 Å². The van der Waals surface area contributed by atoms with Gasteiger partial charge in [0.2, 0.25) is 0 Å². The molecule has 0 spiro atoms. The van der Waals surface area contributed by atoms with Gasteiger partial charge in [0.05, 0.1) is 7.11 Å². The fourth-order valence-corrected chi connectivity index (χ4v) is 3.42. The molecule has 1 heterocycles. The molecule has 1 aliphatic heterocycles. The Bertz CT molecular complexity index is 605. The van der Waals surface area contributed by atoms with Crippen LogP contribution in [0.15, 0.2) is 48.5 Å². The van der Waals surface area contributed by atoms with E-state index in [1.54, 1.807) is 19.2 Å². The van der Waals surface area contributed by atoms with Crippen LogP contribution in [0, 0.1) is 11.7 Å². The molecular weight excluding hydrogens is 277 g/mol. The molecule has 2 aromatic rings. The normalized spacial score (nSPS) is 17.2. The average Bonchev–Trinajstić information content (AvgIpc) is 2.58. The third-order valence-corrected chi connectivity index (χ3v) is 4.54. The zero-order valence-corrected chi connectivity index (χ0v) is 12.9. The molecule has 3 rings (SSSR count). The summed E-state index contributed by atoms with van der Waals surface area (Å²) in [6, 6.07) is 15.2. The van der Waals surface area contributed by atoms with Crippen LogP contribution in [-0.4, -0.2) is 20.2 Å². The summed E-state index contributed by atoms with van der Waals surface area (Å²) in [6.07, 6.45) is 2.28. The van der Waals surface area contributed by atoms with E-state index in [0.717, 1.165) is 31.7 Å². The van der Waals surface area contributed by atoms with Crippen molar-refractivity contribution in [2.24, 2.45) is 5.92 Å². The van der Waals surface area contributed by atoms with Crippen LogP contribution < -0.4 is 10.1 Å². The van der Waals surface area contributed by atoms with E-state index in [-0.39, 0.29) is 11.7 Å². The molecule has 1 fully saturated rings. The molecule has 22 heavy (non-hydrogen) atoms. The highest BCUT2D eigenvalue weighted by atomic mass is 19.1. The van der Waals surface area contributed by atoms with Crippen LogP contribution in [0.25, 0.3) is 0 Å². The van der Waals surface area contributed by atoms with Gasteiger partial charge in [-0.05, 0) is 67.2 Å². The highest BCUT2D eigenvalue weighted by Gasteiger charge is 2.26. The van der Waals surface area contributed by atoms with E-state index in [1.807, 2.05) is 24.3 Å². The van der Waals surface area contributed by atoms with Gasteiger partial charge in [-0.2, -0.15) is 0 Å². The summed E-state index contributed by atoms with van der Waals surface area (Å²) in [6.45, 7) is 2.10. The SMILES string of the molecule is COc1cccc(C(c2ccc(F)cc2)C2CCNCC2)c1. The first-order valence-electron chi connectivity index (χ1n) is 7.88. The fraction of sp³-hybridized carbons (Fsp3) is 0.368. The van der Waals surface area contributed by atoms with Crippen LogP contribution in [0.5, 0.6) is 5.75 Å². The van der Waals surface area contributed by atoms with Crippen LogP contribution in [0.4, 0.5) is 4.39 Å². The van der Waals surface area contributed by atoms with Crippen molar-refractivity contribution in [2.45, 2.75) is 18.8 Å². The van der Waals surface area contributed by atoms with Gasteiger partial charge in [-0.3, -0.25) is 0 Å². The van der Waals surface area contributed by atoms with Gasteiger partial charge in [0.15, 0.2) is 0 Å². The van der Waals surface area contributed by atoms with Gasteiger partial charge in [-0.25, -0.2) is 4.39 Å². The molecule has 0 radical (unpaired) electrons. The Kier molecular flexibility index (Phi) is 4.74. The van der Waals surface area contributed by atoms with Crippen LogP contribution in [0.1, 0.15) is 29.9 Å². The number of piperidine rings is 1. The molecule has 0 amide bonds. The number of hydrogen-bond acceptors (Lipinski definition) is 2. The Morgan fingerprint density at radius 3 is 2.45 bits per heavy atom. The number of nitrogens with one attached hydrogen (secondary N) is 1. The molecule has 0 aromatic heterocycles. The Morgan fingerprint density at radius 2 is 1.77 bits per heavy atom. The molecule has 0 aliphatic carbocycles. The van der Waals surface area contributed by atoms with Crippen molar-refractivity contribution in [2.75, 3.05) is 20.2 Å². The van der Waals surface area contributed by atoms with E-state index >= 15 is 0 Å². The van der Waals surface area contributed by atoms with E-state index < -0.39 is 0 Å². The summed E-state index contributed by atoms with van der Waals surface area (Å²) >= 11 is 0. The van der Waals surface area contributed by atoms with Gasteiger partial charge in [0.25, 0.3) is 0 Å². The number of ether oxygens (including phenoxy) is 1. The minimum atomic E-state index is -0.182. The Morgan fingerprint density at radius 1 is 1.05 bits per heavy atom. The topological polar surface area (TPSA) is 21.3 Å². The summed E-state index contributed by atoms with van der Waals surface area (Å²) in [5, 5.41) is 3.42. The molecule has 116 valence electrons. The predicted molar refractivity (Wildman–Crippen MR) is 86.8 cm³/mol. The van der Waals surface area contributed by atoms with Crippen molar-refractivity contribution in [3.63, 3.8) is 0 Å². The molecule has 1 saturated heterocycles. The monoisotopic (exact) mass is 299 g/mol. The number of halogens is 1. The largest absolute Gasteiger partial charge is 0.497 e. The Hall–Kier alpha value is -1.87. The van der Waals surface area contributed by atoms with Crippen LogP contribution >= 0.6 is 0 Å². The molecule has 2 aromatic carbocycles. The highest BCUT2D eigenvalue weighted by Crippen LogP contribution is 2.37. The second kappa shape index (κ2) is 6.93. The minimum absolute atomic E-state index is 0.182. The summed E-state index contributed by atoms with van der Waals surface area (Å²) < 4.78 is 18.7. The average molecular weight is 299 g/mol. The lowest BCUT2D eigenvalue weighted by molar-refractivity contribution is 0.341. The minimum Gasteiger partial charge on any atom is -0.497 e. The molecule has 1 atom stereocenters. The van der Waals surface area contributed by atoms with Crippen LogP contribution in [-0.2, 0) is 0 Å². The van der Waals surface area contributed by atoms with Gasteiger partial charge in [-0.15, -0.1) is 0 Å². The van der Waals surface area contributed by atoms with Gasteiger partial charge >= 0.3 is 0 Å². The standard InChI is InChI=1S/C19H22FNO/c1-22-18-4-2-3-16(13-18)19(15-9-11-21-12-10-15)14-5-7-17(20)8-6-14/h2-8,13,15,19,21H,9-12H2,1H3. The number of rotatable bonds is 4. The van der Waals surface area contributed by atoms with Crippen molar-refractivity contribution in [1.82, 2.24) is 5.32 Å². The molecular formula is C19H22FNO. The van der Waals surface area contributed by atoms with Crippen molar-refractivity contribution in [3.05, 3.63) is 65.5 Å². The van der Waals surface area contributed by atoms with E-state index in [1.165, 1.54) is 11.1 Å². The van der Waals surface area contributed by atoms with E-state index in [9.17, 15) is 4.39 Å². The number of hydrogen-bond donors (Lipinski definition) is 1. The maximum atomic E-state index is 13.3. The summed E-state index contributed by atoms with van der Waals surface area (Å²) in [5.74, 6) is 1.55. The van der Waals surface area contributed by atoms with Crippen molar-refractivity contribution >= 4 is 0 Å². The fourth-order valence-electron chi connectivity index (χ4n) is 3.42. The first-order chi connectivity index (χ1) is 10.8. The molecule has 0 saturated carbocycles. The van der Waals surface area contributed by atoms with Gasteiger partial charge in [-0.1, -0.05) is 24.3 Å². The lowest BCUT2D eigenvalue weighted by Gasteiger charge is -2.31. The van der Waals surface area contributed by atoms with E-state index in [2.05, 4.69) is 17.4 Å². The molecule has 1 N–H and O–H groups in total. The summed E-state index contributed by atoms with van der Waals surface area (Å²) in [7, 11) is 1.69. The molecule has 1 unspecified atom stereocenters. The quantitative estimate of drug-likeness (QED) is 0.922. The first kappa shape index (κ1) is 15.0. The second-order valence-electron chi connectivity index (χ2n) is 5.89. The van der Waals surface area contributed by atoms with Gasteiger partial charge in [0.1, 0.15) is 11.6 Å². The Labute approximate surface area is 131 Å². The third kappa shape index (κ3) is 3.30. The maximum Gasteiger partial charge on any atom is 0.123 e. The zero-order valence-electron chi connectivity index (χ0n) is 12.9. The van der Waals surface area contributed by atoms with Crippen molar-refractivity contribution in [1.29, 1.82) is 0 Å². The predicted octanol–water partition coefficient (Wildman–Crippen LogP) is 3.97. The van der Waals surface area contributed by atoms with Crippen molar-refractivity contribution < 1.29 is 9.13 Å².